The van der Waals surface area contributed by atoms with E-state index in [2.05, 4.69) is 10.9 Å². The van der Waals surface area contributed by atoms with Gasteiger partial charge in [-0.15, -0.1) is 11.8 Å². The molecule has 0 spiro atoms. The highest BCUT2D eigenvalue weighted by Crippen LogP contribution is 2.28. The van der Waals surface area contributed by atoms with Crippen molar-refractivity contribution < 1.29 is 19.1 Å². The minimum Gasteiger partial charge on any atom is -0.493 e. The predicted molar refractivity (Wildman–Crippen MR) is 111 cm³/mol. The van der Waals surface area contributed by atoms with Gasteiger partial charge in [0.05, 0.1) is 19.0 Å². The summed E-state index contributed by atoms with van der Waals surface area (Å²) >= 11 is 1.42. The Kier molecular flexibility index (Phi) is 8.19. The quantitative estimate of drug-likeness (QED) is 0.520. The van der Waals surface area contributed by atoms with Crippen molar-refractivity contribution in [2.45, 2.75) is 37.3 Å². The van der Waals surface area contributed by atoms with Crippen LogP contribution in [-0.4, -0.2) is 30.8 Å². The van der Waals surface area contributed by atoms with Crippen molar-refractivity contribution in [1.82, 2.24) is 10.9 Å². The topological polar surface area (TPSA) is 76.7 Å². The molecule has 1 unspecified atom stereocenters. The average molecular weight is 403 g/mol. The lowest BCUT2D eigenvalue weighted by Crippen LogP contribution is -2.44. The van der Waals surface area contributed by atoms with Crippen LogP contribution in [0.2, 0.25) is 0 Å². The van der Waals surface area contributed by atoms with E-state index in [4.69, 9.17) is 9.47 Å². The molecule has 6 nitrogen and oxygen atoms in total. The molecule has 0 radical (unpaired) electrons. The summed E-state index contributed by atoms with van der Waals surface area (Å²) in [5, 5.41) is -0.359. The number of thioether (sulfide) groups is 1. The first-order valence-electron chi connectivity index (χ1n) is 9.09. The maximum atomic E-state index is 12.3. The number of hydrogen-bond acceptors (Lipinski definition) is 5. The normalized spacial score (nSPS) is 11.4. The minimum absolute atomic E-state index is 0.284. The molecule has 150 valence electrons. The van der Waals surface area contributed by atoms with Gasteiger partial charge in [0, 0.05) is 10.5 Å². The number of benzene rings is 2. The van der Waals surface area contributed by atoms with E-state index in [-0.39, 0.29) is 11.2 Å². The van der Waals surface area contributed by atoms with Gasteiger partial charge in [-0.05, 0) is 50.6 Å². The zero-order valence-corrected chi connectivity index (χ0v) is 17.4. The van der Waals surface area contributed by atoms with Crippen LogP contribution in [-0.2, 0) is 4.79 Å². The molecule has 0 aliphatic rings. The lowest BCUT2D eigenvalue weighted by atomic mass is 10.2. The van der Waals surface area contributed by atoms with E-state index in [1.807, 2.05) is 38.1 Å². The lowest BCUT2D eigenvalue weighted by molar-refractivity contribution is -0.121. The Bertz CT molecular complexity index is 809. The number of ether oxygens (including phenoxy) is 2. The van der Waals surface area contributed by atoms with E-state index in [1.54, 1.807) is 25.1 Å². The average Bonchev–Trinajstić information content (AvgIpc) is 2.71. The molecule has 2 N–H and O–H groups in total. The van der Waals surface area contributed by atoms with E-state index < -0.39 is 5.91 Å². The van der Waals surface area contributed by atoms with E-state index in [1.165, 1.54) is 18.9 Å². The summed E-state index contributed by atoms with van der Waals surface area (Å²) < 4.78 is 10.9. The fraction of sp³-hybridized carbons (Fsp3) is 0.333. The minimum atomic E-state index is -0.429. The molecule has 7 heteroatoms. The number of amides is 2. The van der Waals surface area contributed by atoms with Crippen molar-refractivity contribution in [1.29, 1.82) is 0 Å². The van der Waals surface area contributed by atoms with Crippen molar-refractivity contribution in [2.24, 2.45) is 0 Å². The Labute approximate surface area is 170 Å². The van der Waals surface area contributed by atoms with Crippen LogP contribution in [0.1, 0.15) is 36.2 Å². The molecule has 2 aromatic carbocycles. The lowest BCUT2D eigenvalue weighted by Gasteiger charge is -2.14. The van der Waals surface area contributed by atoms with Crippen LogP contribution >= 0.6 is 11.8 Å². The first-order valence-corrected chi connectivity index (χ1v) is 9.97. The van der Waals surface area contributed by atoms with Gasteiger partial charge in [-0.1, -0.05) is 24.6 Å². The second kappa shape index (κ2) is 10.6. The highest BCUT2D eigenvalue weighted by molar-refractivity contribution is 8.00. The van der Waals surface area contributed by atoms with Gasteiger partial charge in [0.1, 0.15) is 0 Å². The van der Waals surface area contributed by atoms with Gasteiger partial charge in [-0.25, -0.2) is 0 Å². The Morgan fingerprint density at radius 3 is 2.43 bits per heavy atom. The summed E-state index contributed by atoms with van der Waals surface area (Å²) in [4.78, 5) is 25.6. The predicted octanol–water partition coefficient (Wildman–Crippen LogP) is 3.73. The maximum absolute atomic E-state index is 12.3. The van der Waals surface area contributed by atoms with Crippen LogP contribution in [0.4, 0.5) is 0 Å². The molecule has 28 heavy (non-hydrogen) atoms. The molecule has 0 saturated heterocycles. The van der Waals surface area contributed by atoms with E-state index >= 15 is 0 Å². The van der Waals surface area contributed by atoms with E-state index in [0.29, 0.717) is 23.7 Å². The van der Waals surface area contributed by atoms with Crippen molar-refractivity contribution in [3.8, 4) is 11.5 Å². The fourth-order valence-electron chi connectivity index (χ4n) is 2.31. The van der Waals surface area contributed by atoms with Crippen molar-refractivity contribution in [3.05, 3.63) is 53.6 Å². The van der Waals surface area contributed by atoms with Crippen LogP contribution < -0.4 is 20.3 Å². The van der Waals surface area contributed by atoms with Gasteiger partial charge in [-0.2, -0.15) is 0 Å². The third kappa shape index (κ3) is 6.20. The van der Waals surface area contributed by atoms with Crippen LogP contribution in [0.15, 0.2) is 47.4 Å². The molecule has 1 atom stereocenters. The highest BCUT2D eigenvalue weighted by atomic mass is 32.2. The second-order valence-corrected chi connectivity index (χ2v) is 7.64. The van der Waals surface area contributed by atoms with E-state index in [0.717, 1.165) is 16.9 Å². The van der Waals surface area contributed by atoms with Crippen LogP contribution in [0.5, 0.6) is 11.5 Å². The third-order valence-electron chi connectivity index (χ3n) is 3.89. The van der Waals surface area contributed by atoms with Gasteiger partial charge < -0.3 is 9.47 Å². The van der Waals surface area contributed by atoms with Gasteiger partial charge in [0.15, 0.2) is 11.5 Å². The van der Waals surface area contributed by atoms with Crippen molar-refractivity contribution in [2.75, 3.05) is 13.7 Å². The Morgan fingerprint density at radius 1 is 1.07 bits per heavy atom. The third-order valence-corrected chi connectivity index (χ3v) is 5.00. The summed E-state index contributed by atoms with van der Waals surface area (Å²) in [6.07, 6.45) is 0.871. The molecule has 0 saturated carbocycles. The summed E-state index contributed by atoms with van der Waals surface area (Å²) in [7, 11) is 1.52. The number of rotatable bonds is 8. The van der Waals surface area contributed by atoms with Crippen LogP contribution in [0, 0.1) is 6.92 Å². The summed E-state index contributed by atoms with van der Waals surface area (Å²) in [5.41, 5.74) is 6.43. The number of methoxy groups -OCH3 is 1. The zero-order chi connectivity index (χ0) is 20.5. The highest BCUT2D eigenvalue weighted by Gasteiger charge is 2.16. The van der Waals surface area contributed by atoms with E-state index in [9.17, 15) is 9.59 Å². The molecule has 0 aliphatic heterocycles. The molecule has 0 fully saturated rings. The number of nitrogens with one attached hydrogen (secondary N) is 2. The van der Waals surface area contributed by atoms with Crippen LogP contribution in [0.25, 0.3) is 0 Å². The molecule has 2 amide bonds. The van der Waals surface area contributed by atoms with Crippen LogP contribution in [0.3, 0.4) is 0 Å². The first kappa shape index (κ1) is 21.6. The molecular weight excluding hydrogens is 376 g/mol. The molecule has 0 aromatic heterocycles. The maximum Gasteiger partial charge on any atom is 0.269 e. The molecule has 0 bridgehead atoms. The zero-order valence-electron chi connectivity index (χ0n) is 16.6. The van der Waals surface area contributed by atoms with Gasteiger partial charge in [0.2, 0.25) is 0 Å². The number of aryl methyl sites for hydroxylation is 1. The number of carbonyl (C=O) groups excluding carboxylic acids is 2. The van der Waals surface area contributed by atoms with Gasteiger partial charge in [-0.3, -0.25) is 20.4 Å². The molecule has 2 aromatic rings. The monoisotopic (exact) mass is 402 g/mol. The molecular formula is C21H26N2O4S. The second-order valence-electron chi connectivity index (χ2n) is 6.23. The summed E-state index contributed by atoms with van der Waals surface area (Å²) in [6.45, 7) is 6.37. The smallest absolute Gasteiger partial charge is 0.269 e. The largest absolute Gasteiger partial charge is 0.493 e. The van der Waals surface area contributed by atoms with Crippen molar-refractivity contribution >= 4 is 23.6 Å². The number of hydrazine groups is 1. The Hall–Kier alpha value is -2.67. The first-order chi connectivity index (χ1) is 13.4. The molecule has 2 rings (SSSR count). The SMILES string of the molecule is CCCOc1ccc(C(=O)NNC(=O)C(C)Sc2ccc(C)cc2)cc1OC. The van der Waals surface area contributed by atoms with Crippen molar-refractivity contribution in [3.63, 3.8) is 0 Å². The summed E-state index contributed by atoms with van der Waals surface area (Å²) in [5.74, 6) is 0.332. The van der Waals surface area contributed by atoms with Gasteiger partial charge in [0.25, 0.3) is 11.8 Å². The number of carbonyl (C=O) groups is 2. The standard InChI is InChI=1S/C21H26N2O4S/c1-5-12-27-18-11-8-16(13-19(18)26-4)21(25)23-22-20(24)15(3)28-17-9-6-14(2)7-10-17/h6-11,13,15H,5,12H2,1-4H3,(H,22,24)(H,23,25). The fourth-order valence-corrected chi connectivity index (χ4v) is 3.17. The number of hydrogen-bond donors (Lipinski definition) is 2. The Morgan fingerprint density at radius 2 is 1.79 bits per heavy atom. The summed E-state index contributed by atoms with van der Waals surface area (Å²) in [6, 6.07) is 12.8. The molecule has 0 aliphatic carbocycles. The van der Waals surface area contributed by atoms with Gasteiger partial charge >= 0.3 is 0 Å². The molecule has 0 heterocycles. The Balaban J connectivity index is 1.91.